The third-order valence-electron chi connectivity index (χ3n) is 6.67. The Bertz CT molecular complexity index is 1690. The summed E-state index contributed by atoms with van der Waals surface area (Å²) in [6.45, 7) is 0.669. The topological polar surface area (TPSA) is 89.2 Å². The Balaban J connectivity index is 1.59. The SMILES string of the molecule is CN(Cc1ccccc1)C(=N)/C(=N\S(=O)(=O)c1ccc(Cl)cc1)N1CC(c2ccccc2)C(c2ccc(Cl)cc2)=N1. The molecule has 0 saturated carbocycles. The van der Waals surface area contributed by atoms with Gasteiger partial charge in [-0.2, -0.15) is 13.5 Å². The molecule has 4 aromatic rings. The van der Waals surface area contributed by atoms with Crippen molar-refractivity contribution in [3.63, 3.8) is 0 Å². The van der Waals surface area contributed by atoms with Crippen LogP contribution < -0.4 is 0 Å². The standard InChI is InChI=1S/C31H27Cl2N5O2S/c1-37(20-22-8-4-2-5-9-22)30(34)31(36-41(39,40)27-18-16-26(33)17-19-27)38-21-28(23-10-6-3-7-11-23)29(35-38)24-12-14-25(32)15-13-24/h2-19,28,34H,20-21H2,1H3/b34-30?,36-31+. The van der Waals surface area contributed by atoms with Gasteiger partial charge in [0.15, 0.2) is 5.84 Å². The zero-order valence-electron chi connectivity index (χ0n) is 22.2. The number of sulfonamides is 1. The van der Waals surface area contributed by atoms with Gasteiger partial charge in [0.05, 0.1) is 17.2 Å². The van der Waals surface area contributed by atoms with Gasteiger partial charge in [-0.05, 0) is 53.1 Å². The van der Waals surface area contributed by atoms with Crippen molar-refractivity contribution in [2.24, 2.45) is 9.50 Å². The number of amidine groups is 2. The highest BCUT2D eigenvalue weighted by atomic mass is 35.5. The van der Waals surface area contributed by atoms with E-state index in [0.717, 1.165) is 22.4 Å². The average Bonchev–Trinajstić information content (AvgIpc) is 3.42. The summed E-state index contributed by atoms with van der Waals surface area (Å²) in [6.07, 6.45) is 0. The summed E-state index contributed by atoms with van der Waals surface area (Å²) >= 11 is 12.1. The van der Waals surface area contributed by atoms with Crippen LogP contribution in [0.4, 0.5) is 0 Å². The minimum absolute atomic E-state index is 0.0291. The van der Waals surface area contributed by atoms with Crippen molar-refractivity contribution in [1.29, 1.82) is 5.41 Å². The van der Waals surface area contributed by atoms with Crippen LogP contribution in [-0.2, 0) is 16.6 Å². The number of nitrogens with one attached hydrogen (secondary N) is 1. The number of likely N-dealkylation sites (N-methyl/N-ethyl adjacent to an activating group) is 1. The third kappa shape index (κ3) is 6.68. The lowest BCUT2D eigenvalue weighted by atomic mass is 9.91. The molecule has 1 heterocycles. The molecule has 0 aromatic heterocycles. The van der Waals surface area contributed by atoms with Gasteiger partial charge in [-0.25, -0.2) is 5.01 Å². The zero-order valence-corrected chi connectivity index (χ0v) is 24.5. The van der Waals surface area contributed by atoms with E-state index in [-0.39, 0.29) is 22.5 Å². The Kier molecular flexibility index (Phi) is 8.54. The van der Waals surface area contributed by atoms with Gasteiger partial charge in [-0.15, -0.1) is 4.40 Å². The van der Waals surface area contributed by atoms with Crippen LogP contribution in [0, 0.1) is 5.41 Å². The van der Waals surface area contributed by atoms with Crippen molar-refractivity contribution < 1.29 is 8.42 Å². The van der Waals surface area contributed by atoms with Gasteiger partial charge in [0.1, 0.15) is 0 Å². The van der Waals surface area contributed by atoms with Crippen LogP contribution in [0.25, 0.3) is 0 Å². The van der Waals surface area contributed by atoms with Crippen LogP contribution in [0.15, 0.2) is 124 Å². The minimum atomic E-state index is -4.20. The van der Waals surface area contributed by atoms with Crippen LogP contribution >= 0.6 is 23.2 Å². The Morgan fingerprint density at radius 1 is 0.902 bits per heavy atom. The molecule has 5 rings (SSSR count). The third-order valence-corrected chi connectivity index (χ3v) is 8.46. The zero-order chi connectivity index (χ0) is 29.0. The molecule has 1 aliphatic heterocycles. The van der Waals surface area contributed by atoms with E-state index in [1.165, 1.54) is 29.3 Å². The van der Waals surface area contributed by atoms with Crippen LogP contribution in [0.5, 0.6) is 0 Å². The fourth-order valence-electron chi connectivity index (χ4n) is 4.55. The lowest BCUT2D eigenvalue weighted by Gasteiger charge is -2.25. The Morgan fingerprint density at radius 3 is 2.07 bits per heavy atom. The van der Waals surface area contributed by atoms with E-state index in [0.29, 0.717) is 23.1 Å². The van der Waals surface area contributed by atoms with Gasteiger partial charge in [-0.3, -0.25) is 5.41 Å². The van der Waals surface area contributed by atoms with Crippen LogP contribution in [0.2, 0.25) is 10.0 Å². The first-order valence-corrected chi connectivity index (χ1v) is 15.0. The number of hydrazone groups is 1. The number of rotatable bonds is 6. The lowest BCUT2D eigenvalue weighted by molar-refractivity contribution is 0.458. The van der Waals surface area contributed by atoms with Crippen molar-refractivity contribution in [3.8, 4) is 0 Å². The van der Waals surface area contributed by atoms with Crippen molar-refractivity contribution in [2.75, 3.05) is 13.6 Å². The fourth-order valence-corrected chi connectivity index (χ4v) is 5.80. The largest absolute Gasteiger partial charge is 0.353 e. The van der Waals surface area contributed by atoms with Gasteiger partial charge in [-0.1, -0.05) is 96.0 Å². The second-order valence-corrected chi connectivity index (χ2v) is 12.0. The van der Waals surface area contributed by atoms with E-state index < -0.39 is 10.0 Å². The molecule has 1 unspecified atom stereocenters. The number of nitrogens with zero attached hydrogens (tertiary/aromatic N) is 4. The number of benzene rings is 4. The normalized spacial score (nSPS) is 15.5. The maximum absolute atomic E-state index is 13.5. The highest BCUT2D eigenvalue weighted by Crippen LogP contribution is 2.30. The molecule has 0 radical (unpaired) electrons. The molecule has 1 N–H and O–H groups in total. The minimum Gasteiger partial charge on any atom is -0.353 e. The van der Waals surface area contributed by atoms with Crippen molar-refractivity contribution in [2.45, 2.75) is 17.4 Å². The molecule has 0 saturated heterocycles. The smallest absolute Gasteiger partial charge is 0.284 e. The van der Waals surface area contributed by atoms with E-state index in [2.05, 4.69) is 4.40 Å². The second kappa shape index (κ2) is 12.3. The summed E-state index contributed by atoms with van der Waals surface area (Å²) in [5.74, 6) is -0.365. The van der Waals surface area contributed by atoms with E-state index in [1.54, 1.807) is 24.1 Å². The first-order chi connectivity index (χ1) is 19.7. The Morgan fingerprint density at radius 2 is 1.46 bits per heavy atom. The van der Waals surface area contributed by atoms with E-state index in [1.807, 2.05) is 72.8 Å². The Hall–Kier alpha value is -3.98. The molecule has 1 atom stereocenters. The van der Waals surface area contributed by atoms with Gasteiger partial charge < -0.3 is 4.90 Å². The predicted octanol–water partition coefficient (Wildman–Crippen LogP) is 6.69. The first-order valence-electron chi connectivity index (χ1n) is 12.8. The molecule has 0 spiro atoms. The molecule has 4 aromatic carbocycles. The summed E-state index contributed by atoms with van der Waals surface area (Å²) in [5.41, 5.74) is 3.54. The monoisotopic (exact) mass is 603 g/mol. The van der Waals surface area contributed by atoms with Crippen LogP contribution in [0.3, 0.4) is 0 Å². The predicted molar refractivity (Wildman–Crippen MR) is 166 cm³/mol. The van der Waals surface area contributed by atoms with Gasteiger partial charge in [0.25, 0.3) is 10.0 Å². The molecule has 208 valence electrons. The van der Waals surface area contributed by atoms with Gasteiger partial charge in [0, 0.05) is 29.6 Å². The quantitative estimate of drug-likeness (QED) is 0.196. The van der Waals surface area contributed by atoms with E-state index in [4.69, 9.17) is 33.7 Å². The maximum atomic E-state index is 13.5. The summed E-state index contributed by atoms with van der Waals surface area (Å²) in [4.78, 5) is 1.62. The first kappa shape index (κ1) is 28.5. The summed E-state index contributed by atoms with van der Waals surface area (Å²) in [6, 6.07) is 32.6. The molecule has 1 aliphatic rings. The van der Waals surface area contributed by atoms with Crippen molar-refractivity contribution in [1.82, 2.24) is 9.91 Å². The van der Waals surface area contributed by atoms with Crippen molar-refractivity contribution in [3.05, 3.63) is 136 Å². The Labute approximate surface area is 249 Å². The molecule has 7 nitrogen and oxygen atoms in total. The molecular weight excluding hydrogens is 577 g/mol. The molecule has 0 bridgehead atoms. The number of hydrogen-bond donors (Lipinski definition) is 1. The molecule has 10 heteroatoms. The number of halogens is 2. The highest BCUT2D eigenvalue weighted by molar-refractivity contribution is 7.90. The lowest BCUT2D eigenvalue weighted by Crippen LogP contribution is -2.41. The number of hydrogen-bond acceptors (Lipinski definition) is 4. The van der Waals surface area contributed by atoms with Gasteiger partial charge in [0.2, 0.25) is 5.84 Å². The molecule has 0 fully saturated rings. The van der Waals surface area contributed by atoms with Crippen LogP contribution in [0.1, 0.15) is 22.6 Å². The average molecular weight is 605 g/mol. The van der Waals surface area contributed by atoms with E-state index >= 15 is 0 Å². The second-order valence-electron chi connectivity index (χ2n) is 9.57. The molecule has 0 aliphatic carbocycles. The van der Waals surface area contributed by atoms with Crippen LogP contribution in [-0.4, -0.2) is 49.3 Å². The molecular formula is C31H27Cl2N5O2S. The molecule has 0 amide bonds. The van der Waals surface area contributed by atoms with Gasteiger partial charge >= 0.3 is 0 Å². The summed E-state index contributed by atoms with van der Waals surface area (Å²) in [5, 5.41) is 16.5. The van der Waals surface area contributed by atoms with Crippen molar-refractivity contribution >= 4 is 50.6 Å². The summed E-state index contributed by atoms with van der Waals surface area (Å²) in [7, 11) is -2.47. The molecule has 41 heavy (non-hydrogen) atoms. The maximum Gasteiger partial charge on any atom is 0.284 e. The van der Waals surface area contributed by atoms with E-state index in [9.17, 15) is 8.42 Å². The fraction of sp³-hybridized carbons (Fsp3) is 0.129. The summed E-state index contributed by atoms with van der Waals surface area (Å²) < 4.78 is 31.2. The highest BCUT2D eigenvalue weighted by Gasteiger charge is 2.34.